The van der Waals surface area contributed by atoms with Gasteiger partial charge in [-0.2, -0.15) is 0 Å². The second-order valence-electron chi connectivity index (χ2n) is 3.44. The Kier molecular flexibility index (Phi) is 3.42. The molecular weight excluding hydrogens is 252 g/mol. The zero-order valence-electron chi connectivity index (χ0n) is 9.66. The van der Waals surface area contributed by atoms with Crippen LogP contribution < -0.4 is 10.0 Å². The summed E-state index contributed by atoms with van der Waals surface area (Å²) in [5.74, 6) is 0.305. The lowest BCUT2D eigenvalue weighted by molar-refractivity contribution is 0.601. The SMILES string of the molecule is CNc1ncccc1S(=O)(=O)Nc1ccncc1. The van der Waals surface area contributed by atoms with Gasteiger partial charge in [-0.25, -0.2) is 13.4 Å². The first kappa shape index (κ1) is 12.3. The van der Waals surface area contributed by atoms with E-state index >= 15 is 0 Å². The summed E-state index contributed by atoms with van der Waals surface area (Å²) in [6.45, 7) is 0. The fraction of sp³-hybridized carbons (Fsp3) is 0.0909. The van der Waals surface area contributed by atoms with E-state index in [9.17, 15) is 8.42 Å². The molecule has 2 heterocycles. The number of rotatable bonds is 4. The van der Waals surface area contributed by atoms with E-state index in [1.165, 1.54) is 24.7 Å². The minimum atomic E-state index is -3.66. The number of nitrogens with zero attached hydrogens (tertiary/aromatic N) is 2. The molecule has 18 heavy (non-hydrogen) atoms. The summed E-state index contributed by atoms with van der Waals surface area (Å²) in [7, 11) is -2.04. The van der Waals surface area contributed by atoms with Crippen molar-refractivity contribution in [2.24, 2.45) is 0 Å². The van der Waals surface area contributed by atoms with Gasteiger partial charge in [0.15, 0.2) is 0 Å². The first-order valence-corrected chi connectivity index (χ1v) is 6.67. The van der Waals surface area contributed by atoms with Crippen molar-refractivity contribution in [2.75, 3.05) is 17.1 Å². The maximum absolute atomic E-state index is 12.2. The van der Waals surface area contributed by atoms with E-state index in [2.05, 4.69) is 20.0 Å². The van der Waals surface area contributed by atoms with Gasteiger partial charge in [-0.3, -0.25) is 9.71 Å². The van der Waals surface area contributed by atoms with Crippen LogP contribution in [0.3, 0.4) is 0 Å². The maximum atomic E-state index is 12.2. The lowest BCUT2D eigenvalue weighted by atomic mass is 10.4. The van der Waals surface area contributed by atoms with E-state index in [1.54, 1.807) is 25.2 Å². The predicted molar refractivity (Wildman–Crippen MR) is 68.8 cm³/mol. The van der Waals surface area contributed by atoms with Crippen molar-refractivity contribution in [1.82, 2.24) is 9.97 Å². The quantitative estimate of drug-likeness (QED) is 0.870. The van der Waals surface area contributed by atoms with Gasteiger partial charge in [-0.1, -0.05) is 0 Å². The summed E-state index contributed by atoms with van der Waals surface area (Å²) in [5.41, 5.74) is 0.455. The lowest BCUT2D eigenvalue weighted by Gasteiger charge is -2.10. The molecule has 94 valence electrons. The van der Waals surface area contributed by atoms with Crippen LogP contribution in [0.4, 0.5) is 11.5 Å². The third kappa shape index (κ3) is 2.57. The summed E-state index contributed by atoms with van der Waals surface area (Å²) in [5, 5.41) is 2.74. The molecule has 0 unspecified atom stereocenters. The van der Waals surface area contributed by atoms with Crippen molar-refractivity contribution in [1.29, 1.82) is 0 Å². The van der Waals surface area contributed by atoms with Gasteiger partial charge in [-0.15, -0.1) is 0 Å². The van der Waals surface area contributed by atoms with Crippen LogP contribution >= 0.6 is 0 Å². The lowest BCUT2D eigenvalue weighted by Crippen LogP contribution is -2.15. The Bertz CT molecular complexity index is 629. The van der Waals surface area contributed by atoms with Crippen LogP contribution in [-0.2, 0) is 10.0 Å². The van der Waals surface area contributed by atoms with Crippen molar-refractivity contribution in [3.8, 4) is 0 Å². The number of hydrogen-bond donors (Lipinski definition) is 2. The largest absolute Gasteiger partial charge is 0.372 e. The molecule has 0 aromatic carbocycles. The molecule has 0 radical (unpaired) electrons. The van der Waals surface area contributed by atoms with Crippen molar-refractivity contribution in [3.05, 3.63) is 42.9 Å². The van der Waals surface area contributed by atoms with E-state index in [1.807, 2.05) is 0 Å². The molecule has 0 aliphatic heterocycles. The number of aromatic nitrogens is 2. The highest BCUT2D eigenvalue weighted by Gasteiger charge is 2.18. The topological polar surface area (TPSA) is 84.0 Å². The maximum Gasteiger partial charge on any atom is 0.265 e. The summed E-state index contributed by atoms with van der Waals surface area (Å²) in [6, 6.07) is 6.21. The normalized spacial score (nSPS) is 10.9. The van der Waals surface area contributed by atoms with Crippen LogP contribution in [0.25, 0.3) is 0 Å². The Morgan fingerprint density at radius 1 is 1.11 bits per heavy atom. The van der Waals surface area contributed by atoms with E-state index in [0.717, 1.165) is 0 Å². The number of sulfonamides is 1. The van der Waals surface area contributed by atoms with Gasteiger partial charge in [0, 0.05) is 25.6 Å². The van der Waals surface area contributed by atoms with Crippen LogP contribution in [0.5, 0.6) is 0 Å². The second-order valence-corrected chi connectivity index (χ2v) is 5.09. The Balaban J connectivity index is 2.37. The molecule has 0 atom stereocenters. The molecule has 0 bridgehead atoms. The predicted octanol–water partition coefficient (Wildman–Crippen LogP) is 1.32. The molecular formula is C11H12N4O2S. The molecule has 0 spiro atoms. The molecule has 2 N–H and O–H groups in total. The second kappa shape index (κ2) is 5.01. The van der Waals surface area contributed by atoms with Crippen molar-refractivity contribution in [2.45, 2.75) is 4.90 Å². The fourth-order valence-electron chi connectivity index (χ4n) is 1.43. The molecule has 0 fully saturated rings. The van der Waals surface area contributed by atoms with Gasteiger partial charge in [0.1, 0.15) is 10.7 Å². The van der Waals surface area contributed by atoms with Gasteiger partial charge < -0.3 is 5.32 Å². The third-order valence-electron chi connectivity index (χ3n) is 2.23. The summed E-state index contributed by atoms with van der Waals surface area (Å²) < 4.78 is 26.8. The molecule has 0 saturated heterocycles. The average Bonchev–Trinajstić information content (AvgIpc) is 2.39. The Labute approximate surface area is 105 Å². The highest BCUT2D eigenvalue weighted by Crippen LogP contribution is 2.20. The van der Waals surface area contributed by atoms with Crippen molar-refractivity contribution in [3.63, 3.8) is 0 Å². The summed E-state index contributed by atoms with van der Waals surface area (Å²) >= 11 is 0. The minimum Gasteiger partial charge on any atom is -0.372 e. The molecule has 6 nitrogen and oxygen atoms in total. The van der Waals surface area contributed by atoms with Crippen LogP contribution in [0, 0.1) is 0 Å². The number of anilines is 2. The molecule has 0 aliphatic rings. The van der Waals surface area contributed by atoms with E-state index in [-0.39, 0.29) is 4.90 Å². The van der Waals surface area contributed by atoms with E-state index in [0.29, 0.717) is 11.5 Å². The zero-order valence-corrected chi connectivity index (χ0v) is 10.5. The van der Waals surface area contributed by atoms with Gasteiger partial charge in [0.2, 0.25) is 0 Å². The molecule has 0 saturated carbocycles. The molecule has 2 rings (SSSR count). The van der Waals surface area contributed by atoms with Gasteiger partial charge in [0.05, 0.1) is 5.69 Å². The average molecular weight is 264 g/mol. The molecule has 2 aromatic rings. The molecule has 0 aliphatic carbocycles. The van der Waals surface area contributed by atoms with Crippen LogP contribution in [0.1, 0.15) is 0 Å². The Hall–Kier alpha value is -2.15. The molecule has 0 amide bonds. The Morgan fingerprint density at radius 2 is 1.83 bits per heavy atom. The number of pyridine rings is 2. The molecule has 2 aromatic heterocycles. The fourth-order valence-corrected chi connectivity index (χ4v) is 2.65. The van der Waals surface area contributed by atoms with Crippen LogP contribution in [-0.4, -0.2) is 25.4 Å². The van der Waals surface area contributed by atoms with Gasteiger partial charge >= 0.3 is 0 Å². The third-order valence-corrected chi connectivity index (χ3v) is 3.64. The Morgan fingerprint density at radius 3 is 2.50 bits per heavy atom. The van der Waals surface area contributed by atoms with Crippen LogP contribution in [0.15, 0.2) is 47.8 Å². The van der Waals surface area contributed by atoms with E-state index < -0.39 is 10.0 Å². The number of nitrogens with one attached hydrogen (secondary N) is 2. The van der Waals surface area contributed by atoms with Gasteiger partial charge in [0.25, 0.3) is 10.0 Å². The smallest absolute Gasteiger partial charge is 0.265 e. The van der Waals surface area contributed by atoms with Crippen molar-refractivity contribution >= 4 is 21.5 Å². The highest BCUT2D eigenvalue weighted by molar-refractivity contribution is 7.92. The van der Waals surface area contributed by atoms with Crippen molar-refractivity contribution < 1.29 is 8.42 Å². The van der Waals surface area contributed by atoms with Gasteiger partial charge in [-0.05, 0) is 24.3 Å². The van der Waals surface area contributed by atoms with E-state index in [4.69, 9.17) is 0 Å². The monoisotopic (exact) mass is 264 g/mol. The standard InChI is InChI=1S/C11H12N4O2S/c1-12-11-10(3-2-6-14-11)18(16,17)15-9-4-7-13-8-5-9/h2-8H,1H3,(H,12,14)(H,13,15). The summed E-state index contributed by atoms with van der Waals surface area (Å²) in [4.78, 5) is 7.89. The number of hydrogen-bond acceptors (Lipinski definition) is 5. The first-order valence-electron chi connectivity index (χ1n) is 5.19. The van der Waals surface area contributed by atoms with Crippen LogP contribution in [0.2, 0.25) is 0 Å². The first-order chi connectivity index (χ1) is 8.63. The highest BCUT2D eigenvalue weighted by atomic mass is 32.2. The molecule has 7 heteroatoms. The minimum absolute atomic E-state index is 0.101. The zero-order chi connectivity index (χ0) is 13.0. The summed E-state index contributed by atoms with van der Waals surface area (Å²) in [6.07, 6.45) is 4.55.